The van der Waals surface area contributed by atoms with Crippen LogP contribution in [-0.2, 0) is 19.1 Å². The van der Waals surface area contributed by atoms with Crippen molar-refractivity contribution in [1.29, 1.82) is 0 Å². The molecular weight excluding hydrogens is 380 g/mol. The molecule has 0 aromatic carbocycles. The number of fused-ring (bicyclic) bond motifs is 1. The maximum absolute atomic E-state index is 13.3. The SMILES string of the molecule is [2H]C1=C([2H])[C@]([2H])(C)[C@H](CCC2C[C@@H](O)CC(=O)O2)[C@@H]2C1=C([2H])[C@]([2H])(C([2H])([2H])[2H])C([2H])([2H])C2OC(=O)C(C)(C)CC. The lowest BCUT2D eigenvalue weighted by molar-refractivity contribution is -0.166. The smallest absolute Gasteiger partial charge is 0.311 e. The molecule has 0 radical (unpaired) electrons. The van der Waals surface area contributed by atoms with E-state index >= 15 is 0 Å². The van der Waals surface area contributed by atoms with Gasteiger partial charge in [0.25, 0.3) is 0 Å². The molecule has 5 nitrogen and oxygen atoms in total. The summed E-state index contributed by atoms with van der Waals surface area (Å²) in [6, 6.07) is -2.24. The summed E-state index contributed by atoms with van der Waals surface area (Å²) in [5.74, 6) is -9.10. The van der Waals surface area contributed by atoms with E-state index < -0.39 is 96.2 Å². The van der Waals surface area contributed by atoms with Gasteiger partial charge in [0.15, 0.2) is 0 Å². The Hall–Kier alpha value is -1.62. The maximum Gasteiger partial charge on any atom is 0.311 e. The van der Waals surface area contributed by atoms with Gasteiger partial charge in [-0.1, -0.05) is 38.9 Å². The zero-order chi connectivity index (χ0) is 30.8. The molecule has 0 bridgehead atoms. The number of rotatable bonds is 6. The van der Waals surface area contributed by atoms with Crippen LogP contribution in [0, 0.1) is 29.0 Å². The van der Waals surface area contributed by atoms with Crippen molar-refractivity contribution in [2.75, 3.05) is 0 Å². The lowest BCUT2D eigenvalue weighted by Crippen LogP contribution is -2.43. The summed E-state index contributed by atoms with van der Waals surface area (Å²) in [4.78, 5) is 25.2. The summed E-state index contributed by atoms with van der Waals surface area (Å²) in [6.07, 6.45) is -6.52. The Morgan fingerprint density at radius 1 is 1.50 bits per heavy atom. The van der Waals surface area contributed by atoms with Crippen LogP contribution in [-0.4, -0.2) is 35.4 Å². The third-order valence-corrected chi connectivity index (χ3v) is 6.30. The molecule has 0 spiro atoms. The average molecular weight is 429 g/mol. The molecule has 1 fully saturated rings. The Morgan fingerprint density at radius 2 is 2.27 bits per heavy atom. The number of hydrogen-bond donors (Lipinski definition) is 1. The van der Waals surface area contributed by atoms with Gasteiger partial charge in [0.1, 0.15) is 12.2 Å². The van der Waals surface area contributed by atoms with Crippen molar-refractivity contribution in [3.8, 4) is 0 Å². The highest BCUT2D eigenvalue weighted by Crippen LogP contribution is 2.45. The standard InChI is InChI=1S/C25H38O5/c1-6-25(4,5)24(28)30-21-12-15(2)11-17-8-7-16(3)20(23(17)21)10-9-19-13-18(26)14-22(27)29-19/h7-8,11,15-16,18-21,23,26H,6,9-10,12-14H2,1-5H3/t15-,16-,18+,19?,20-,21?,23-/m0/s1/i2D3,7D,8D,11D,12D2,15D,16D. The predicted molar refractivity (Wildman–Crippen MR) is 115 cm³/mol. The highest BCUT2D eigenvalue weighted by Gasteiger charge is 2.43. The fraction of sp³-hybridized carbons (Fsp3) is 0.760. The van der Waals surface area contributed by atoms with Gasteiger partial charge in [0.05, 0.1) is 22.1 Å². The molecule has 1 saturated heterocycles. The monoisotopic (exact) mass is 428 g/mol. The fourth-order valence-corrected chi connectivity index (χ4v) is 4.01. The van der Waals surface area contributed by atoms with E-state index in [1.807, 2.05) is 0 Å². The lowest BCUT2D eigenvalue weighted by Gasteiger charge is -2.44. The molecule has 1 heterocycles. The molecule has 2 unspecified atom stereocenters. The lowest BCUT2D eigenvalue weighted by atomic mass is 9.65. The third kappa shape index (κ3) is 5.16. The quantitative estimate of drug-likeness (QED) is 0.627. The van der Waals surface area contributed by atoms with E-state index in [1.54, 1.807) is 20.8 Å². The molecule has 2 aliphatic carbocycles. The molecule has 5 heteroatoms. The van der Waals surface area contributed by atoms with Crippen LogP contribution in [0.3, 0.4) is 0 Å². The van der Waals surface area contributed by atoms with Crippen molar-refractivity contribution >= 4 is 11.9 Å². The van der Waals surface area contributed by atoms with Gasteiger partial charge in [0.2, 0.25) is 0 Å². The molecule has 3 aliphatic rings. The van der Waals surface area contributed by atoms with Crippen LogP contribution in [0.15, 0.2) is 23.7 Å². The first-order chi connectivity index (χ1) is 18.1. The number of aliphatic hydroxyl groups is 1. The van der Waals surface area contributed by atoms with E-state index in [4.69, 9.17) is 23.2 Å². The number of esters is 2. The van der Waals surface area contributed by atoms with Crippen LogP contribution in [0.1, 0.15) is 86.7 Å². The van der Waals surface area contributed by atoms with E-state index in [0.717, 1.165) is 0 Å². The minimum atomic E-state index is -3.41. The van der Waals surface area contributed by atoms with Gasteiger partial charge in [-0.25, -0.2) is 0 Å². The Balaban J connectivity index is 2.25. The second-order valence-electron chi connectivity index (χ2n) is 8.97. The van der Waals surface area contributed by atoms with Gasteiger partial charge in [-0.05, 0) is 62.8 Å². The summed E-state index contributed by atoms with van der Waals surface area (Å²) in [7, 11) is 0. The molecule has 30 heavy (non-hydrogen) atoms. The Labute approximate surface area is 194 Å². The Kier molecular flexibility index (Phi) is 4.02. The second kappa shape index (κ2) is 9.25. The first-order valence-corrected chi connectivity index (χ1v) is 10.5. The third-order valence-electron chi connectivity index (χ3n) is 6.30. The highest BCUT2D eigenvalue weighted by atomic mass is 16.6. The van der Waals surface area contributed by atoms with Crippen molar-refractivity contribution in [2.45, 2.75) is 91.3 Å². The Morgan fingerprint density at radius 3 is 2.93 bits per heavy atom. The van der Waals surface area contributed by atoms with Crippen LogP contribution in [0.4, 0.5) is 0 Å². The van der Waals surface area contributed by atoms with E-state index in [9.17, 15) is 14.7 Å². The van der Waals surface area contributed by atoms with Crippen LogP contribution in [0.5, 0.6) is 0 Å². The number of cyclic esters (lactones) is 1. The molecule has 0 amide bonds. The minimum absolute atomic E-state index is 0.0260. The predicted octanol–water partition coefficient (Wildman–Crippen LogP) is 4.59. The van der Waals surface area contributed by atoms with Gasteiger partial charge in [-0.15, -0.1) is 0 Å². The zero-order valence-electron chi connectivity index (χ0n) is 28.0. The van der Waals surface area contributed by atoms with Gasteiger partial charge in [0, 0.05) is 21.9 Å². The van der Waals surface area contributed by atoms with Crippen molar-refractivity contribution in [3.05, 3.63) is 23.7 Å². The topological polar surface area (TPSA) is 72.8 Å². The van der Waals surface area contributed by atoms with Crippen LogP contribution in [0.2, 0.25) is 0 Å². The van der Waals surface area contributed by atoms with E-state index in [1.165, 1.54) is 6.92 Å². The van der Waals surface area contributed by atoms with Gasteiger partial charge < -0.3 is 14.6 Å². The average Bonchev–Trinajstić information content (AvgIpc) is 2.82. The number of hydrogen-bond acceptors (Lipinski definition) is 5. The first-order valence-electron chi connectivity index (χ1n) is 15.5. The summed E-state index contributed by atoms with van der Waals surface area (Å²) in [5.41, 5.74) is -1.53. The molecule has 1 N–H and O–H groups in total. The Bertz CT molecular complexity index is 1110. The maximum atomic E-state index is 13.3. The fourth-order valence-electron chi connectivity index (χ4n) is 4.01. The van der Waals surface area contributed by atoms with Gasteiger partial charge in [-0.3, -0.25) is 9.59 Å². The normalized spacial score (nSPS) is 49.4. The molecular formula is C25H38O5. The minimum Gasteiger partial charge on any atom is -0.462 e. The molecule has 7 atom stereocenters. The highest BCUT2D eigenvalue weighted by molar-refractivity contribution is 5.76. The molecule has 0 saturated carbocycles. The van der Waals surface area contributed by atoms with Crippen LogP contribution >= 0.6 is 0 Å². The summed E-state index contributed by atoms with van der Waals surface area (Å²) in [6.45, 7) is 2.76. The van der Waals surface area contributed by atoms with Crippen LogP contribution < -0.4 is 0 Å². The molecule has 3 rings (SSSR count). The summed E-state index contributed by atoms with van der Waals surface area (Å²) >= 11 is 0. The number of allylic oxidation sites excluding steroid dienone is 3. The van der Waals surface area contributed by atoms with Crippen molar-refractivity contribution < 1.29 is 37.9 Å². The van der Waals surface area contributed by atoms with Gasteiger partial charge >= 0.3 is 11.9 Å². The number of carbonyl (C=O) groups is 2. The zero-order valence-corrected chi connectivity index (χ0v) is 18.0. The number of ether oxygens (including phenoxy) is 2. The van der Waals surface area contributed by atoms with Crippen LogP contribution in [0.25, 0.3) is 0 Å². The van der Waals surface area contributed by atoms with E-state index in [2.05, 4.69) is 0 Å². The van der Waals surface area contributed by atoms with Crippen molar-refractivity contribution in [3.63, 3.8) is 0 Å². The molecule has 0 aromatic heterocycles. The molecule has 1 aliphatic heterocycles. The molecule has 168 valence electrons. The number of aliphatic hydroxyl groups excluding tert-OH is 1. The summed E-state index contributed by atoms with van der Waals surface area (Å²) in [5, 5.41) is 10.0. The second-order valence-corrected chi connectivity index (χ2v) is 8.97. The molecule has 0 aromatic rings. The largest absolute Gasteiger partial charge is 0.462 e. The van der Waals surface area contributed by atoms with Gasteiger partial charge in [-0.2, -0.15) is 0 Å². The van der Waals surface area contributed by atoms with E-state index in [0.29, 0.717) is 6.42 Å². The van der Waals surface area contributed by atoms with Crippen molar-refractivity contribution in [2.24, 2.45) is 29.0 Å². The summed E-state index contributed by atoms with van der Waals surface area (Å²) < 4.78 is 96.9. The number of carbonyl (C=O) groups excluding carboxylic acids is 2. The van der Waals surface area contributed by atoms with Crippen molar-refractivity contribution in [1.82, 2.24) is 0 Å². The van der Waals surface area contributed by atoms with E-state index in [-0.39, 0.29) is 25.7 Å². The first kappa shape index (κ1) is 13.0.